The lowest BCUT2D eigenvalue weighted by Gasteiger charge is -2.11. The molecule has 0 spiro atoms. The number of anilines is 1. The first-order valence-electron chi connectivity index (χ1n) is 11.6. The summed E-state index contributed by atoms with van der Waals surface area (Å²) in [6, 6.07) is 5.90. The highest BCUT2D eigenvalue weighted by atomic mass is 32.2. The largest absolute Gasteiger partial charge is 0.485 e. The summed E-state index contributed by atoms with van der Waals surface area (Å²) in [4.78, 5) is 39.5. The second kappa shape index (κ2) is 12.2. The van der Waals surface area contributed by atoms with Crippen molar-refractivity contribution in [1.82, 2.24) is 19.7 Å². The van der Waals surface area contributed by atoms with Crippen LogP contribution in [-0.2, 0) is 22.7 Å². The Bertz CT molecular complexity index is 1320. The molecule has 37 heavy (non-hydrogen) atoms. The average Bonchev–Trinajstić information content (AvgIpc) is 3.42. The molecule has 0 radical (unpaired) electrons. The molecular weight excluding hydrogens is 514 g/mol. The van der Waals surface area contributed by atoms with Gasteiger partial charge in [0.15, 0.2) is 11.0 Å². The molecule has 198 valence electrons. The van der Waals surface area contributed by atoms with Gasteiger partial charge in [-0.2, -0.15) is 0 Å². The zero-order valence-corrected chi connectivity index (χ0v) is 23.6. The van der Waals surface area contributed by atoms with Crippen LogP contribution in [0.5, 0.6) is 5.75 Å². The quantitative estimate of drug-likeness (QED) is 0.299. The van der Waals surface area contributed by atoms with Crippen LogP contribution in [0.25, 0.3) is 0 Å². The fraction of sp³-hybridized carbons (Fsp3) is 0.400. The Balaban J connectivity index is 1.70. The van der Waals surface area contributed by atoms with Crippen molar-refractivity contribution in [2.45, 2.75) is 46.0 Å². The van der Waals surface area contributed by atoms with Gasteiger partial charge in [0.05, 0.1) is 23.3 Å². The Hall–Kier alpha value is -3.38. The van der Waals surface area contributed by atoms with E-state index >= 15 is 0 Å². The summed E-state index contributed by atoms with van der Waals surface area (Å²) in [7, 11) is 4.51. The van der Waals surface area contributed by atoms with Crippen molar-refractivity contribution in [2.75, 3.05) is 32.3 Å². The van der Waals surface area contributed by atoms with Crippen LogP contribution in [0.1, 0.15) is 49.5 Å². The van der Waals surface area contributed by atoms with Gasteiger partial charge in [0.1, 0.15) is 17.4 Å². The minimum absolute atomic E-state index is 0.0322. The van der Waals surface area contributed by atoms with E-state index in [-0.39, 0.29) is 34.7 Å². The predicted molar refractivity (Wildman–Crippen MR) is 144 cm³/mol. The number of aryl methyl sites for hydroxylation is 1. The normalized spacial score (nSPS) is 10.8. The number of ether oxygens (including phenoxy) is 2. The third-order valence-electron chi connectivity index (χ3n) is 5.74. The van der Waals surface area contributed by atoms with E-state index in [4.69, 9.17) is 9.47 Å². The number of carbonyl (C=O) groups excluding carboxylic acids is 3. The highest BCUT2D eigenvalue weighted by Gasteiger charge is 2.27. The smallest absolute Gasteiger partial charge is 0.341 e. The molecule has 0 saturated carbocycles. The van der Waals surface area contributed by atoms with Crippen molar-refractivity contribution in [3.05, 3.63) is 51.2 Å². The zero-order valence-electron chi connectivity index (χ0n) is 22.0. The minimum Gasteiger partial charge on any atom is -0.485 e. The molecule has 0 aliphatic carbocycles. The van der Waals surface area contributed by atoms with Crippen LogP contribution < -0.4 is 10.1 Å². The number of hydrogen-bond acceptors (Lipinski definition) is 9. The Labute approximate surface area is 224 Å². The molecule has 3 aromatic rings. The number of thioether (sulfide) groups is 1. The van der Waals surface area contributed by atoms with Crippen molar-refractivity contribution < 1.29 is 23.9 Å². The van der Waals surface area contributed by atoms with Gasteiger partial charge in [-0.25, -0.2) is 4.79 Å². The molecule has 1 N–H and O–H groups in total. The van der Waals surface area contributed by atoms with Crippen LogP contribution >= 0.6 is 23.1 Å². The summed E-state index contributed by atoms with van der Waals surface area (Å²) in [5, 5.41) is 12.1. The van der Waals surface area contributed by atoms with Gasteiger partial charge >= 0.3 is 5.97 Å². The van der Waals surface area contributed by atoms with Gasteiger partial charge in [0.25, 0.3) is 5.91 Å². The number of hydrogen-bond donors (Lipinski definition) is 1. The van der Waals surface area contributed by atoms with E-state index in [0.717, 1.165) is 28.2 Å². The lowest BCUT2D eigenvalue weighted by atomic mass is 10.1. The SMILES string of the molecule is CCn1c(COc2cccc(C)c2C)nnc1SCC(=O)Nc1sc(C(=O)N(C)C)c(C)c1C(=O)OC. The molecule has 10 nitrogen and oxygen atoms in total. The Morgan fingerprint density at radius 1 is 1.14 bits per heavy atom. The molecule has 0 aliphatic heterocycles. The van der Waals surface area contributed by atoms with Gasteiger partial charge in [0.2, 0.25) is 5.91 Å². The molecule has 2 aromatic heterocycles. The summed E-state index contributed by atoms with van der Waals surface area (Å²) >= 11 is 2.28. The molecule has 0 atom stereocenters. The van der Waals surface area contributed by atoms with Crippen LogP contribution in [0.4, 0.5) is 5.00 Å². The Morgan fingerprint density at radius 3 is 2.51 bits per heavy atom. The maximum absolute atomic E-state index is 12.8. The fourth-order valence-electron chi connectivity index (χ4n) is 3.52. The maximum atomic E-state index is 12.8. The van der Waals surface area contributed by atoms with Gasteiger partial charge in [-0.05, 0) is 50.5 Å². The van der Waals surface area contributed by atoms with E-state index < -0.39 is 5.97 Å². The van der Waals surface area contributed by atoms with Gasteiger partial charge in [0, 0.05) is 20.6 Å². The number of nitrogens with zero attached hydrogens (tertiary/aromatic N) is 4. The lowest BCUT2D eigenvalue weighted by Crippen LogP contribution is -2.21. The molecule has 2 amide bonds. The van der Waals surface area contributed by atoms with Crippen molar-refractivity contribution in [3.8, 4) is 5.75 Å². The Kier molecular flexibility index (Phi) is 9.33. The summed E-state index contributed by atoms with van der Waals surface area (Å²) in [5.74, 6) is 0.255. The van der Waals surface area contributed by atoms with E-state index in [2.05, 4.69) is 15.5 Å². The molecular formula is C25H31N5O5S2. The number of benzene rings is 1. The number of esters is 1. The molecule has 0 fully saturated rings. The zero-order chi connectivity index (χ0) is 27.3. The highest BCUT2D eigenvalue weighted by molar-refractivity contribution is 7.99. The topological polar surface area (TPSA) is 116 Å². The molecule has 3 rings (SSSR count). The predicted octanol–water partition coefficient (Wildman–Crippen LogP) is 4.08. The van der Waals surface area contributed by atoms with Crippen molar-refractivity contribution in [2.24, 2.45) is 0 Å². The van der Waals surface area contributed by atoms with Crippen LogP contribution in [0, 0.1) is 20.8 Å². The van der Waals surface area contributed by atoms with Gasteiger partial charge in [-0.15, -0.1) is 21.5 Å². The third kappa shape index (κ3) is 6.31. The van der Waals surface area contributed by atoms with Crippen molar-refractivity contribution in [3.63, 3.8) is 0 Å². The van der Waals surface area contributed by atoms with Crippen molar-refractivity contribution >= 4 is 45.9 Å². The van der Waals surface area contributed by atoms with Gasteiger partial charge in [-0.1, -0.05) is 23.9 Å². The van der Waals surface area contributed by atoms with E-state index in [0.29, 0.717) is 28.0 Å². The number of methoxy groups -OCH3 is 1. The first kappa shape index (κ1) is 28.2. The Morgan fingerprint density at radius 2 is 1.86 bits per heavy atom. The fourth-order valence-corrected chi connectivity index (χ4v) is 5.58. The minimum atomic E-state index is -0.617. The molecule has 12 heteroatoms. The van der Waals surface area contributed by atoms with Gasteiger partial charge < -0.3 is 24.3 Å². The monoisotopic (exact) mass is 545 g/mol. The summed E-state index contributed by atoms with van der Waals surface area (Å²) < 4.78 is 12.7. The second-order valence-corrected chi connectivity index (χ2v) is 10.4. The van der Waals surface area contributed by atoms with Crippen LogP contribution in [0.15, 0.2) is 23.4 Å². The first-order valence-corrected chi connectivity index (χ1v) is 13.4. The highest BCUT2D eigenvalue weighted by Crippen LogP contribution is 2.34. The third-order valence-corrected chi connectivity index (χ3v) is 7.91. The van der Waals surface area contributed by atoms with Crippen LogP contribution in [0.2, 0.25) is 0 Å². The number of rotatable bonds is 10. The number of carbonyl (C=O) groups is 3. The first-order chi connectivity index (χ1) is 17.6. The van der Waals surface area contributed by atoms with E-state index in [1.807, 2.05) is 43.5 Å². The average molecular weight is 546 g/mol. The second-order valence-electron chi connectivity index (χ2n) is 8.42. The van der Waals surface area contributed by atoms with Gasteiger partial charge in [-0.3, -0.25) is 9.59 Å². The van der Waals surface area contributed by atoms with E-state index in [1.165, 1.54) is 23.8 Å². The number of aromatic nitrogens is 3. The molecule has 1 aromatic carbocycles. The molecule has 0 unspecified atom stereocenters. The molecule has 0 saturated heterocycles. The molecule has 0 aliphatic rings. The molecule has 0 bridgehead atoms. The lowest BCUT2D eigenvalue weighted by molar-refractivity contribution is -0.113. The van der Waals surface area contributed by atoms with Crippen LogP contribution in [-0.4, -0.2) is 64.4 Å². The van der Waals surface area contributed by atoms with E-state index in [9.17, 15) is 14.4 Å². The summed E-state index contributed by atoms with van der Waals surface area (Å²) in [6.07, 6.45) is 0. The number of thiophene rings is 1. The molecule has 2 heterocycles. The van der Waals surface area contributed by atoms with Crippen LogP contribution in [0.3, 0.4) is 0 Å². The summed E-state index contributed by atoms with van der Waals surface area (Å²) in [6.45, 7) is 8.52. The number of nitrogens with one attached hydrogen (secondary N) is 1. The van der Waals surface area contributed by atoms with E-state index in [1.54, 1.807) is 21.0 Å². The summed E-state index contributed by atoms with van der Waals surface area (Å²) in [5.41, 5.74) is 2.87. The van der Waals surface area contributed by atoms with Crippen molar-refractivity contribution in [1.29, 1.82) is 0 Å². The maximum Gasteiger partial charge on any atom is 0.341 e. The number of amides is 2. The standard InChI is InChI=1S/C25H31N5O5S2/c1-8-30-18(12-35-17-11-9-10-14(2)15(17)3)27-28-25(30)36-13-19(31)26-22-20(24(33)34-7)16(4)21(37-22)23(32)29(5)6/h9-11H,8,12-13H2,1-7H3,(H,26,31).